The minimum Gasteiger partial charge on any atom is -0.478 e. The molecule has 1 amide bonds. The summed E-state index contributed by atoms with van der Waals surface area (Å²) in [6.07, 6.45) is -3.42. The van der Waals surface area contributed by atoms with Crippen LogP contribution >= 0.6 is 0 Å². The van der Waals surface area contributed by atoms with Crippen molar-refractivity contribution in [1.82, 2.24) is 0 Å². The number of amides is 1. The molecule has 0 fully saturated rings. The summed E-state index contributed by atoms with van der Waals surface area (Å²) in [5.74, 6) is -1.43. The Morgan fingerprint density at radius 1 is 1.06 bits per heavy atom. The number of nitriles is 1. The van der Waals surface area contributed by atoms with Crippen LogP contribution in [0.1, 0.15) is 21.7 Å². The van der Waals surface area contributed by atoms with Crippen LogP contribution in [0.5, 0.6) is 0 Å². The number of carbonyl (C=O) groups excluding carboxylic acids is 1. The molecule has 0 bridgehead atoms. The van der Waals surface area contributed by atoms with Crippen molar-refractivity contribution in [3.05, 3.63) is 83.1 Å². The second-order valence-electron chi connectivity index (χ2n) is 6.29. The molecule has 3 rings (SSSR count). The lowest BCUT2D eigenvalue weighted by atomic mass is 10.1. The van der Waals surface area contributed by atoms with Gasteiger partial charge in [-0.05, 0) is 42.5 Å². The number of furan rings is 1. The lowest BCUT2D eigenvalue weighted by Gasteiger charge is -2.09. The van der Waals surface area contributed by atoms with E-state index < -0.39 is 23.6 Å². The predicted molar refractivity (Wildman–Crippen MR) is 105 cm³/mol. The number of carboxylic acid groups (broad SMARTS) is 1. The summed E-state index contributed by atoms with van der Waals surface area (Å²) >= 11 is 0. The number of anilines is 1. The minimum absolute atomic E-state index is 0.105. The van der Waals surface area contributed by atoms with Gasteiger partial charge in [0.2, 0.25) is 0 Å². The molecule has 2 N–H and O–H groups in total. The minimum atomic E-state index is -4.57. The predicted octanol–water partition coefficient (Wildman–Crippen LogP) is 5.21. The molecule has 3 aromatic rings. The number of rotatable bonds is 5. The van der Waals surface area contributed by atoms with Crippen LogP contribution in [0.15, 0.2) is 70.7 Å². The molecule has 0 aliphatic heterocycles. The standard InChI is InChI=1S/C22H13F3N2O4/c23-22(24,25)16-2-1-3-17(11-16)27-20(28)15(12-26)10-18-8-9-19(31-18)13-4-6-14(7-5-13)21(29)30/h1-11H,(H,27,28)(H,29,30). The van der Waals surface area contributed by atoms with Gasteiger partial charge in [-0.15, -0.1) is 0 Å². The van der Waals surface area contributed by atoms with Gasteiger partial charge in [0, 0.05) is 17.3 Å². The van der Waals surface area contributed by atoms with Gasteiger partial charge in [-0.3, -0.25) is 4.79 Å². The summed E-state index contributed by atoms with van der Waals surface area (Å²) in [5, 5.41) is 20.5. The van der Waals surface area contributed by atoms with Crippen LogP contribution in [0.3, 0.4) is 0 Å². The fourth-order valence-electron chi connectivity index (χ4n) is 2.63. The van der Waals surface area contributed by atoms with E-state index in [0.29, 0.717) is 11.3 Å². The maximum atomic E-state index is 12.8. The average molecular weight is 426 g/mol. The smallest absolute Gasteiger partial charge is 0.416 e. The highest BCUT2D eigenvalue weighted by atomic mass is 19.4. The first-order chi connectivity index (χ1) is 14.7. The Balaban J connectivity index is 1.78. The van der Waals surface area contributed by atoms with Crippen LogP contribution in [0.4, 0.5) is 18.9 Å². The monoisotopic (exact) mass is 426 g/mol. The van der Waals surface area contributed by atoms with E-state index in [-0.39, 0.29) is 22.6 Å². The third kappa shape index (κ3) is 5.19. The highest BCUT2D eigenvalue weighted by Gasteiger charge is 2.30. The third-order valence-electron chi connectivity index (χ3n) is 4.14. The number of aromatic carboxylic acids is 1. The van der Waals surface area contributed by atoms with Gasteiger partial charge in [-0.25, -0.2) is 4.79 Å². The average Bonchev–Trinajstić information content (AvgIpc) is 3.20. The molecule has 0 radical (unpaired) electrons. The summed E-state index contributed by atoms with van der Waals surface area (Å²) in [7, 11) is 0. The molecule has 2 aromatic carbocycles. The molecule has 9 heteroatoms. The van der Waals surface area contributed by atoms with Crippen molar-refractivity contribution < 1.29 is 32.3 Å². The number of hydrogen-bond donors (Lipinski definition) is 2. The number of benzene rings is 2. The zero-order valence-electron chi connectivity index (χ0n) is 15.6. The van der Waals surface area contributed by atoms with Gasteiger partial charge in [0.05, 0.1) is 11.1 Å². The van der Waals surface area contributed by atoms with Gasteiger partial charge >= 0.3 is 12.1 Å². The normalized spacial score (nSPS) is 11.6. The summed E-state index contributed by atoms with van der Waals surface area (Å²) in [6, 6.07) is 14.7. The second kappa shape index (κ2) is 8.59. The van der Waals surface area contributed by atoms with Gasteiger partial charge in [-0.2, -0.15) is 18.4 Å². The topological polar surface area (TPSA) is 103 Å². The van der Waals surface area contributed by atoms with Crippen molar-refractivity contribution >= 4 is 23.6 Å². The molecular weight excluding hydrogens is 413 g/mol. The zero-order valence-corrected chi connectivity index (χ0v) is 15.6. The summed E-state index contributed by atoms with van der Waals surface area (Å²) in [6.45, 7) is 0. The number of hydrogen-bond acceptors (Lipinski definition) is 4. The lowest BCUT2D eigenvalue weighted by Crippen LogP contribution is -2.14. The molecule has 1 aromatic heterocycles. The fraction of sp³-hybridized carbons (Fsp3) is 0.0455. The number of carboxylic acids is 1. The molecule has 31 heavy (non-hydrogen) atoms. The van der Waals surface area contributed by atoms with Gasteiger partial charge in [0.15, 0.2) is 0 Å². The highest BCUT2D eigenvalue weighted by Crippen LogP contribution is 2.31. The van der Waals surface area contributed by atoms with Crippen LogP contribution in [0.25, 0.3) is 17.4 Å². The molecule has 0 unspecified atom stereocenters. The quantitative estimate of drug-likeness (QED) is 0.431. The van der Waals surface area contributed by atoms with E-state index in [9.17, 15) is 28.0 Å². The Hall–Kier alpha value is -4.32. The van der Waals surface area contributed by atoms with Crippen molar-refractivity contribution in [2.75, 3.05) is 5.32 Å². The van der Waals surface area contributed by atoms with Crippen molar-refractivity contribution in [3.63, 3.8) is 0 Å². The molecule has 0 saturated carbocycles. The maximum absolute atomic E-state index is 12.8. The molecule has 0 spiro atoms. The number of nitrogens with one attached hydrogen (secondary N) is 1. The van der Waals surface area contributed by atoms with Crippen LogP contribution < -0.4 is 5.32 Å². The Morgan fingerprint density at radius 3 is 2.39 bits per heavy atom. The largest absolute Gasteiger partial charge is 0.478 e. The van der Waals surface area contributed by atoms with E-state index in [1.54, 1.807) is 24.3 Å². The van der Waals surface area contributed by atoms with Crippen molar-refractivity contribution in [1.29, 1.82) is 5.26 Å². The van der Waals surface area contributed by atoms with Gasteiger partial charge < -0.3 is 14.8 Å². The molecule has 1 heterocycles. The Morgan fingerprint density at radius 2 is 1.77 bits per heavy atom. The number of nitrogens with zero attached hydrogens (tertiary/aromatic N) is 1. The first-order valence-electron chi connectivity index (χ1n) is 8.71. The number of carbonyl (C=O) groups is 2. The Bertz CT molecular complexity index is 1200. The van der Waals surface area contributed by atoms with Crippen LogP contribution in [-0.2, 0) is 11.0 Å². The molecule has 0 aliphatic carbocycles. The third-order valence-corrected chi connectivity index (χ3v) is 4.14. The maximum Gasteiger partial charge on any atom is 0.416 e. The van der Waals surface area contributed by atoms with Crippen molar-refractivity contribution in [3.8, 4) is 17.4 Å². The summed E-state index contributed by atoms with van der Waals surface area (Å²) in [4.78, 5) is 23.2. The first-order valence-corrected chi connectivity index (χ1v) is 8.71. The molecule has 0 aliphatic rings. The van der Waals surface area contributed by atoms with Crippen molar-refractivity contribution in [2.45, 2.75) is 6.18 Å². The van der Waals surface area contributed by atoms with E-state index in [1.807, 2.05) is 0 Å². The van der Waals surface area contributed by atoms with Gasteiger partial charge in [0.25, 0.3) is 5.91 Å². The van der Waals surface area contributed by atoms with Crippen LogP contribution in [0.2, 0.25) is 0 Å². The lowest BCUT2D eigenvalue weighted by molar-refractivity contribution is -0.137. The first kappa shape index (κ1) is 21.4. The van der Waals surface area contributed by atoms with E-state index in [0.717, 1.165) is 24.3 Å². The highest BCUT2D eigenvalue weighted by molar-refractivity contribution is 6.09. The molecule has 0 saturated heterocycles. The van der Waals surface area contributed by atoms with Crippen LogP contribution in [-0.4, -0.2) is 17.0 Å². The zero-order chi connectivity index (χ0) is 22.6. The summed E-state index contributed by atoms with van der Waals surface area (Å²) in [5.41, 5.74) is -0.735. The van der Waals surface area contributed by atoms with Gasteiger partial charge in [-0.1, -0.05) is 18.2 Å². The SMILES string of the molecule is N#CC(=Cc1ccc(-c2ccc(C(=O)O)cc2)o1)C(=O)Nc1cccc(C(F)(F)F)c1. The van der Waals surface area contributed by atoms with E-state index >= 15 is 0 Å². The fourth-order valence-corrected chi connectivity index (χ4v) is 2.63. The van der Waals surface area contributed by atoms with Gasteiger partial charge in [0.1, 0.15) is 23.2 Å². The summed E-state index contributed by atoms with van der Waals surface area (Å²) < 4.78 is 44.0. The Kier molecular flexibility index (Phi) is 5.93. The van der Waals surface area contributed by atoms with Crippen LogP contribution in [0, 0.1) is 11.3 Å². The second-order valence-corrected chi connectivity index (χ2v) is 6.29. The molecule has 0 atom stereocenters. The number of alkyl halides is 3. The number of halogens is 3. The molecule has 156 valence electrons. The van der Waals surface area contributed by atoms with E-state index in [1.165, 1.54) is 24.3 Å². The van der Waals surface area contributed by atoms with Crippen molar-refractivity contribution in [2.24, 2.45) is 0 Å². The Labute approximate surface area is 173 Å². The van der Waals surface area contributed by atoms with E-state index in [4.69, 9.17) is 9.52 Å². The van der Waals surface area contributed by atoms with E-state index in [2.05, 4.69) is 5.32 Å². The molecule has 6 nitrogen and oxygen atoms in total. The molecular formula is C22H13F3N2O4.